The van der Waals surface area contributed by atoms with Crippen LogP contribution in [0.15, 0.2) is 22.9 Å². The van der Waals surface area contributed by atoms with E-state index < -0.39 is 5.91 Å². The molecule has 0 aliphatic carbocycles. The molecule has 3 N–H and O–H groups in total. The minimum atomic E-state index is -0.483. The first kappa shape index (κ1) is 13.9. The van der Waals surface area contributed by atoms with Gasteiger partial charge in [-0.3, -0.25) is 4.79 Å². The van der Waals surface area contributed by atoms with Crippen molar-refractivity contribution in [3.05, 3.63) is 28.5 Å². The van der Waals surface area contributed by atoms with Crippen molar-refractivity contribution in [3.63, 3.8) is 0 Å². The lowest BCUT2D eigenvalue weighted by molar-refractivity contribution is 0.100. The van der Waals surface area contributed by atoms with Crippen LogP contribution < -0.4 is 11.1 Å². The molecule has 0 fully saturated rings. The van der Waals surface area contributed by atoms with Gasteiger partial charge in [0.25, 0.3) is 5.91 Å². The number of nitrogens with one attached hydrogen (secondary N) is 1. The van der Waals surface area contributed by atoms with Gasteiger partial charge in [0.2, 0.25) is 0 Å². The van der Waals surface area contributed by atoms with Crippen LogP contribution in [0.2, 0.25) is 0 Å². The van der Waals surface area contributed by atoms with Crippen molar-refractivity contribution >= 4 is 33.0 Å². The maximum Gasteiger partial charge on any atom is 0.252 e. The van der Waals surface area contributed by atoms with Crippen LogP contribution in [0.3, 0.4) is 0 Å². The highest BCUT2D eigenvalue weighted by molar-refractivity contribution is 9.10. The fraction of sp³-hybridized carbons (Fsp3) is 0.385. The van der Waals surface area contributed by atoms with Crippen molar-refractivity contribution in [1.82, 2.24) is 9.61 Å². The number of carbonyl (C=O) groups is 1. The number of rotatable bonds is 3. The molecule has 102 valence electrons. The maximum absolute atomic E-state index is 11.5. The number of primary amides is 1. The molecule has 0 aliphatic rings. The molecule has 0 spiro atoms. The molecule has 6 heteroatoms. The minimum Gasteiger partial charge on any atom is -0.382 e. The normalized spacial score (nSPS) is 11.8. The first-order valence-electron chi connectivity index (χ1n) is 5.98. The zero-order valence-corrected chi connectivity index (χ0v) is 12.8. The van der Waals surface area contributed by atoms with Gasteiger partial charge in [0.1, 0.15) is 0 Å². The van der Waals surface area contributed by atoms with Crippen molar-refractivity contribution in [1.29, 1.82) is 0 Å². The predicted molar refractivity (Wildman–Crippen MR) is 79.4 cm³/mol. The molecule has 19 heavy (non-hydrogen) atoms. The first-order chi connectivity index (χ1) is 8.78. The summed E-state index contributed by atoms with van der Waals surface area (Å²) >= 11 is 3.41. The van der Waals surface area contributed by atoms with Gasteiger partial charge >= 0.3 is 0 Å². The van der Waals surface area contributed by atoms with Crippen LogP contribution in [-0.2, 0) is 0 Å². The van der Waals surface area contributed by atoms with E-state index in [2.05, 4.69) is 47.1 Å². The maximum atomic E-state index is 11.5. The molecule has 0 aromatic carbocycles. The zero-order valence-electron chi connectivity index (χ0n) is 11.2. The van der Waals surface area contributed by atoms with E-state index in [4.69, 9.17) is 5.73 Å². The van der Waals surface area contributed by atoms with Crippen molar-refractivity contribution in [2.75, 3.05) is 11.9 Å². The molecule has 0 radical (unpaired) electrons. The van der Waals surface area contributed by atoms with Crippen LogP contribution in [0.4, 0.5) is 5.69 Å². The Morgan fingerprint density at radius 3 is 2.79 bits per heavy atom. The molecular weight excluding hydrogens is 308 g/mol. The summed E-state index contributed by atoms with van der Waals surface area (Å²) in [7, 11) is 0. The summed E-state index contributed by atoms with van der Waals surface area (Å²) in [6.07, 6.45) is 3.33. The van der Waals surface area contributed by atoms with E-state index in [1.165, 1.54) is 6.20 Å². The second kappa shape index (κ2) is 4.85. The first-order valence-corrected chi connectivity index (χ1v) is 6.78. The molecule has 0 unspecified atom stereocenters. The molecule has 0 saturated heterocycles. The largest absolute Gasteiger partial charge is 0.382 e. The summed E-state index contributed by atoms with van der Waals surface area (Å²) in [5.74, 6) is -0.483. The molecule has 0 aliphatic heterocycles. The third kappa shape index (κ3) is 3.07. The van der Waals surface area contributed by atoms with E-state index in [1.807, 2.05) is 12.3 Å². The lowest BCUT2D eigenvalue weighted by atomic mass is 9.97. The quantitative estimate of drug-likeness (QED) is 0.911. The molecule has 0 bridgehead atoms. The number of nitrogens with two attached hydrogens (primary N) is 1. The Labute approximate surface area is 120 Å². The minimum absolute atomic E-state index is 0.0962. The molecule has 2 rings (SSSR count). The number of anilines is 1. The number of aromatic nitrogens is 2. The fourth-order valence-electron chi connectivity index (χ4n) is 1.75. The number of hydrogen-bond donors (Lipinski definition) is 2. The van der Waals surface area contributed by atoms with Gasteiger partial charge in [-0.15, -0.1) is 0 Å². The average molecular weight is 325 g/mol. The summed E-state index contributed by atoms with van der Waals surface area (Å²) in [6, 6.07) is 1.91. The Kier molecular flexibility index (Phi) is 3.54. The number of nitrogens with zero attached hydrogens (tertiary/aromatic N) is 2. The van der Waals surface area contributed by atoms with Gasteiger partial charge < -0.3 is 11.1 Å². The zero-order chi connectivity index (χ0) is 14.2. The highest BCUT2D eigenvalue weighted by Gasteiger charge is 2.17. The molecule has 0 saturated carbocycles. The second-order valence-electron chi connectivity index (χ2n) is 5.70. The summed E-state index contributed by atoms with van der Waals surface area (Å²) in [4.78, 5) is 11.5. The van der Waals surface area contributed by atoms with Gasteiger partial charge in [-0.05, 0) is 27.4 Å². The number of halogens is 1. The third-order valence-corrected chi connectivity index (χ3v) is 3.10. The van der Waals surface area contributed by atoms with E-state index in [0.717, 1.165) is 22.2 Å². The Morgan fingerprint density at radius 2 is 2.21 bits per heavy atom. The summed E-state index contributed by atoms with van der Waals surface area (Å²) < 4.78 is 2.61. The van der Waals surface area contributed by atoms with Crippen LogP contribution in [0.25, 0.3) is 5.52 Å². The Balaban J connectivity index is 2.52. The third-order valence-electron chi connectivity index (χ3n) is 2.66. The van der Waals surface area contributed by atoms with Gasteiger partial charge in [-0.1, -0.05) is 20.8 Å². The van der Waals surface area contributed by atoms with Gasteiger partial charge in [0.15, 0.2) is 0 Å². The lowest BCUT2D eigenvalue weighted by Crippen LogP contribution is -2.22. The van der Waals surface area contributed by atoms with E-state index >= 15 is 0 Å². The highest BCUT2D eigenvalue weighted by Crippen LogP contribution is 2.26. The number of amides is 1. The van der Waals surface area contributed by atoms with Crippen LogP contribution in [0.1, 0.15) is 31.1 Å². The smallest absolute Gasteiger partial charge is 0.252 e. The van der Waals surface area contributed by atoms with Crippen molar-refractivity contribution in [2.45, 2.75) is 20.8 Å². The van der Waals surface area contributed by atoms with E-state index in [0.29, 0.717) is 5.56 Å². The van der Waals surface area contributed by atoms with E-state index in [9.17, 15) is 4.79 Å². The summed E-state index contributed by atoms with van der Waals surface area (Å²) in [5.41, 5.74) is 7.46. The number of carbonyl (C=O) groups excluding carboxylic acids is 1. The van der Waals surface area contributed by atoms with Crippen LogP contribution >= 0.6 is 15.9 Å². The molecule has 0 atom stereocenters. The Morgan fingerprint density at radius 1 is 1.53 bits per heavy atom. The lowest BCUT2D eigenvalue weighted by Gasteiger charge is -2.21. The Hall–Kier alpha value is -1.56. The molecule has 2 aromatic rings. The van der Waals surface area contributed by atoms with E-state index in [1.54, 1.807) is 4.52 Å². The molecule has 5 nitrogen and oxygen atoms in total. The van der Waals surface area contributed by atoms with E-state index in [-0.39, 0.29) is 5.41 Å². The van der Waals surface area contributed by atoms with Crippen molar-refractivity contribution in [3.8, 4) is 0 Å². The van der Waals surface area contributed by atoms with Gasteiger partial charge in [0, 0.05) is 17.2 Å². The summed E-state index contributed by atoms with van der Waals surface area (Å²) in [6.45, 7) is 7.10. The van der Waals surface area contributed by atoms with Gasteiger partial charge in [-0.2, -0.15) is 5.10 Å². The van der Waals surface area contributed by atoms with Crippen LogP contribution in [0, 0.1) is 5.41 Å². The standard InChI is InChI=1S/C13H17BrN4O/c1-13(2,3)7-16-11-9(12(15)19)5-17-18-6-8(14)4-10(11)18/h4-6,16H,7H2,1-3H3,(H2,15,19). The Bertz CT molecular complexity index is 627. The fourth-order valence-corrected chi connectivity index (χ4v) is 2.16. The number of hydrogen-bond acceptors (Lipinski definition) is 3. The van der Waals surface area contributed by atoms with Crippen molar-refractivity contribution < 1.29 is 4.79 Å². The van der Waals surface area contributed by atoms with Crippen LogP contribution in [-0.4, -0.2) is 22.1 Å². The predicted octanol–water partition coefficient (Wildman–Crippen LogP) is 2.65. The highest BCUT2D eigenvalue weighted by atomic mass is 79.9. The molecule has 2 heterocycles. The van der Waals surface area contributed by atoms with Crippen molar-refractivity contribution in [2.24, 2.45) is 11.1 Å². The number of fused-ring (bicyclic) bond motifs is 1. The van der Waals surface area contributed by atoms with Gasteiger partial charge in [0.05, 0.1) is 23.0 Å². The molecule has 2 aromatic heterocycles. The second-order valence-corrected chi connectivity index (χ2v) is 6.62. The monoisotopic (exact) mass is 324 g/mol. The van der Waals surface area contributed by atoms with Gasteiger partial charge in [-0.25, -0.2) is 4.52 Å². The average Bonchev–Trinajstić information content (AvgIpc) is 2.64. The summed E-state index contributed by atoms with van der Waals surface area (Å²) in [5, 5.41) is 7.48. The SMILES string of the molecule is CC(C)(C)CNc1c(C(N)=O)cnn2cc(Br)cc12. The molecular formula is C13H17BrN4O. The van der Waals surface area contributed by atoms with Crippen LogP contribution in [0.5, 0.6) is 0 Å². The topological polar surface area (TPSA) is 72.4 Å². The molecule has 1 amide bonds.